The number of hydrogen-bond acceptors (Lipinski definition) is 4. The second kappa shape index (κ2) is 8.16. The summed E-state index contributed by atoms with van der Waals surface area (Å²) in [7, 11) is 1.67. The second-order valence-corrected chi connectivity index (χ2v) is 5.55. The van der Waals surface area contributed by atoms with Crippen molar-refractivity contribution in [1.82, 2.24) is 9.97 Å². The molecule has 0 unspecified atom stereocenters. The SMILES string of the molecule is COCCOc1cccc(CCc2ncc(I)cn2)c1. The van der Waals surface area contributed by atoms with Crippen LogP contribution in [0, 0.1) is 3.57 Å². The number of rotatable bonds is 7. The van der Waals surface area contributed by atoms with Crippen LogP contribution in [0.4, 0.5) is 0 Å². The summed E-state index contributed by atoms with van der Waals surface area (Å²) in [6, 6.07) is 8.12. The number of halogens is 1. The molecule has 4 nitrogen and oxygen atoms in total. The van der Waals surface area contributed by atoms with Crippen LogP contribution in [-0.4, -0.2) is 30.3 Å². The molecular weight excluding hydrogens is 367 g/mol. The Kier molecular flexibility index (Phi) is 6.20. The Balaban J connectivity index is 1.89. The van der Waals surface area contributed by atoms with Crippen molar-refractivity contribution in [2.24, 2.45) is 0 Å². The molecule has 0 radical (unpaired) electrons. The van der Waals surface area contributed by atoms with Gasteiger partial charge in [-0.1, -0.05) is 12.1 Å². The molecule has 0 bridgehead atoms. The molecule has 0 atom stereocenters. The van der Waals surface area contributed by atoms with E-state index in [0.717, 1.165) is 28.0 Å². The number of aromatic nitrogens is 2. The lowest BCUT2D eigenvalue weighted by Gasteiger charge is -2.07. The van der Waals surface area contributed by atoms with Gasteiger partial charge in [-0.3, -0.25) is 0 Å². The standard InChI is InChI=1S/C15H17IN2O2/c1-19-7-8-20-14-4-2-3-12(9-14)5-6-15-17-10-13(16)11-18-15/h2-4,9-11H,5-8H2,1H3. The molecule has 0 aliphatic heterocycles. The van der Waals surface area contributed by atoms with E-state index in [1.165, 1.54) is 5.56 Å². The van der Waals surface area contributed by atoms with Gasteiger partial charge in [0.25, 0.3) is 0 Å². The molecule has 0 N–H and O–H groups in total. The van der Waals surface area contributed by atoms with Crippen LogP contribution in [0.25, 0.3) is 0 Å². The zero-order valence-electron chi connectivity index (χ0n) is 11.4. The van der Waals surface area contributed by atoms with Crippen LogP contribution in [-0.2, 0) is 17.6 Å². The summed E-state index contributed by atoms with van der Waals surface area (Å²) in [5, 5.41) is 0. The maximum Gasteiger partial charge on any atom is 0.128 e. The fourth-order valence-corrected chi connectivity index (χ4v) is 2.04. The van der Waals surface area contributed by atoms with E-state index < -0.39 is 0 Å². The van der Waals surface area contributed by atoms with Gasteiger partial charge < -0.3 is 9.47 Å². The van der Waals surface area contributed by atoms with Crippen molar-refractivity contribution < 1.29 is 9.47 Å². The summed E-state index contributed by atoms with van der Waals surface area (Å²) in [6.45, 7) is 1.17. The number of benzene rings is 1. The predicted octanol–water partition coefficient (Wildman–Crippen LogP) is 2.89. The van der Waals surface area contributed by atoms with Crippen LogP contribution < -0.4 is 4.74 Å². The Labute approximate surface area is 132 Å². The number of methoxy groups -OCH3 is 1. The van der Waals surface area contributed by atoms with Gasteiger partial charge >= 0.3 is 0 Å². The Morgan fingerprint density at radius 3 is 2.65 bits per heavy atom. The minimum atomic E-state index is 0.570. The van der Waals surface area contributed by atoms with E-state index in [1.807, 2.05) is 24.5 Å². The predicted molar refractivity (Wildman–Crippen MR) is 86.0 cm³/mol. The van der Waals surface area contributed by atoms with Gasteiger partial charge in [-0.25, -0.2) is 9.97 Å². The summed E-state index contributed by atoms with van der Waals surface area (Å²) in [5.74, 6) is 1.75. The molecule has 0 aliphatic rings. The molecule has 0 spiro atoms. The van der Waals surface area contributed by atoms with Gasteiger partial charge in [0, 0.05) is 29.5 Å². The largest absolute Gasteiger partial charge is 0.491 e. The Bertz CT molecular complexity index is 532. The van der Waals surface area contributed by atoms with E-state index in [1.54, 1.807) is 7.11 Å². The molecule has 1 aromatic carbocycles. The first-order valence-corrected chi connectivity index (χ1v) is 7.53. The Morgan fingerprint density at radius 1 is 1.10 bits per heavy atom. The summed E-state index contributed by atoms with van der Waals surface area (Å²) in [4.78, 5) is 8.62. The monoisotopic (exact) mass is 384 g/mol. The molecule has 0 saturated carbocycles. The van der Waals surface area contributed by atoms with Crippen molar-refractivity contribution in [3.63, 3.8) is 0 Å². The molecular formula is C15H17IN2O2. The normalized spacial score (nSPS) is 10.5. The first kappa shape index (κ1) is 15.2. The first-order valence-electron chi connectivity index (χ1n) is 6.45. The van der Waals surface area contributed by atoms with E-state index in [0.29, 0.717) is 13.2 Å². The minimum Gasteiger partial charge on any atom is -0.491 e. The number of ether oxygens (including phenoxy) is 2. The molecule has 0 fully saturated rings. The van der Waals surface area contributed by atoms with Gasteiger partial charge in [0.05, 0.1) is 6.61 Å². The molecule has 2 rings (SSSR count). The zero-order valence-corrected chi connectivity index (χ0v) is 13.5. The van der Waals surface area contributed by atoms with Gasteiger partial charge in [0.1, 0.15) is 18.2 Å². The molecule has 20 heavy (non-hydrogen) atoms. The molecule has 1 aromatic heterocycles. The lowest BCUT2D eigenvalue weighted by molar-refractivity contribution is 0.146. The molecule has 0 saturated heterocycles. The van der Waals surface area contributed by atoms with Gasteiger partial charge in [-0.2, -0.15) is 0 Å². The molecule has 0 aliphatic carbocycles. The van der Waals surface area contributed by atoms with E-state index in [9.17, 15) is 0 Å². The van der Waals surface area contributed by atoms with Crippen molar-refractivity contribution in [3.8, 4) is 5.75 Å². The van der Waals surface area contributed by atoms with Gasteiger partial charge in [-0.15, -0.1) is 0 Å². The molecule has 5 heteroatoms. The zero-order chi connectivity index (χ0) is 14.2. The molecule has 1 heterocycles. The Hall–Kier alpha value is -1.21. The van der Waals surface area contributed by atoms with Gasteiger partial charge in [-0.05, 0) is 46.7 Å². The fourth-order valence-electron chi connectivity index (χ4n) is 1.76. The van der Waals surface area contributed by atoms with Crippen LogP contribution in [0.3, 0.4) is 0 Å². The van der Waals surface area contributed by atoms with E-state index >= 15 is 0 Å². The van der Waals surface area contributed by atoms with Crippen molar-refractivity contribution in [1.29, 1.82) is 0 Å². The average Bonchev–Trinajstić information content (AvgIpc) is 2.47. The second-order valence-electron chi connectivity index (χ2n) is 4.31. The summed E-state index contributed by atoms with van der Waals surface area (Å²) in [6.07, 6.45) is 5.42. The lowest BCUT2D eigenvalue weighted by Crippen LogP contribution is -2.04. The third-order valence-corrected chi connectivity index (χ3v) is 3.32. The Morgan fingerprint density at radius 2 is 1.90 bits per heavy atom. The van der Waals surface area contributed by atoms with Crippen LogP contribution >= 0.6 is 22.6 Å². The maximum absolute atomic E-state index is 5.60. The highest BCUT2D eigenvalue weighted by atomic mass is 127. The smallest absolute Gasteiger partial charge is 0.128 e. The molecule has 0 amide bonds. The van der Waals surface area contributed by atoms with E-state index in [-0.39, 0.29) is 0 Å². The number of hydrogen-bond donors (Lipinski definition) is 0. The van der Waals surface area contributed by atoms with Gasteiger partial charge in [0.2, 0.25) is 0 Å². The number of nitrogens with zero attached hydrogens (tertiary/aromatic N) is 2. The topological polar surface area (TPSA) is 44.2 Å². The summed E-state index contributed by atoms with van der Waals surface area (Å²) in [5.41, 5.74) is 1.22. The fraction of sp³-hybridized carbons (Fsp3) is 0.333. The average molecular weight is 384 g/mol. The van der Waals surface area contributed by atoms with Crippen molar-refractivity contribution in [3.05, 3.63) is 51.6 Å². The summed E-state index contributed by atoms with van der Waals surface area (Å²) < 4.78 is 11.6. The third-order valence-electron chi connectivity index (χ3n) is 2.77. The van der Waals surface area contributed by atoms with Crippen LogP contribution in [0.2, 0.25) is 0 Å². The quantitative estimate of drug-likeness (QED) is 0.544. The van der Waals surface area contributed by atoms with Gasteiger partial charge in [0.15, 0.2) is 0 Å². The number of aryl methyl sites for hydroxylation is 2. The van der Waals surface area contributed by atoms with E-state index in [2.05, 4.69) is 44.7 Å². The van der Waals surface area contributed by atoms with Crippen molar-refractivity contribution in [2.45, 2.75) is 12.8 Å². The maximum atomic E-state index is 5.60. The molecule has 106 valence electrons. The minimum absolute atomic E-state index is 0.570. The van der Waals surface area contributed by atoms with Crippen molar-refractivity contribution >= 4 is 22.6 Å². The lowest BCUT2D eigenvalue weighted by atomic mass is 10.1. The van der Waals surface area contributed by atoms with E-state index in [4.69, 9.17) is 9.47 Å². The first-order chi connectivity index (χ1) is 9.78. The summed E-state index contributed by atoms with van der Waals surface area (Å²) >= 11 is 2.20. The van der Waals surface area contributed by atoms with Crippen LogP contribution in [0.1, 0.15) is 11.4 Å². The highest BCUT2D eigenvalue weighted by Crippen LogP contribution is 2.14. The van der Waals surface area contributed by atoms with Crippen LogP contribution in [0.15, 0.2) is 36.7 Å². The highest BCUT2D eigenvalue weighted by Gasteiger charge is 2.01. The molecule has 2 aromatic rings. The van der Waals surface area contributed by atoms with Crippen molar-refractivity contribution in [2.75, 3.05) is 20.3 Å². The van der Waals surface area contributed by atoms with Crippen LogP contribution in [0.5, 0.6) is 5.75 Å². The third kappa shape index (κ3) is 5.05. The highest BCUT2D eigenvalue weighted by molar-refractivity contribution is 14.1.